The van der Waals surface area contributed by atoms with Crippen LogP contribution in [-0.4, -0.2) is 49.3 Å². The summed E-state index contributed by atoms with van der Waals surface area (Å²) in [5, 5.41) is 0. The summed E-state index contributed by atoms with van der Waals surface area (Å²) >= 11 is 0. The Morgan fingerprint density at radius 3 is 1.03 bits per heavy atom. The average molecular weight is 860 g/mol. The molecule has 0 aromatic heterocycles. The van der Waals surface area contributed by atoms with Crippen molar-refractivity contribution in [1.82, 2.24) is 0 Å². The summed E-state index contributed by atoms with van der Waals surface area (Å²) in [4.78, 5) is 35.0. The molecule has 2 atom stereocenters. The monoisotopic (exact) mass is 860 g/mol. The predicted octanol–water partition coefficient (Wildman–Crippen LogP) is 15.2. The van der Waals surface area contributed by atoms with Crippen molar-refractivity contribution < 1.29 is 37.6 Å². The summed E-state index contributed by atoms with van der Waals surface area (Å²) in [5.41, 5.74) is 5.37. The molecule has 0 aliphatic rings. The molecule has 0 rings (SSSR count). The minimum Gasteiger partial charge on any atom is -0.462 e. The van der Waals surface area contributed by atoms with Crippen molar-refractivity contribution in [1.29, 1.82) is 0 Å². The van der Waals surface area contributed by atoms with E-state index in [4.69, 9.17) is 24.3 Å². The van der Waals surface area contributed by atoms with Crippen LogP contribution in [0.1, 0.15) is 271 Å². The van der Waals surface area contributed by atoms with Crippen LogP contribution in [0.3, 0.4) is 0 Å². The van der Waals surface area contributed by atoms with E-state index in [0.29, 0.717) is 6.42 Å². The number of ether oxygens (including phenoxy) is 2. The first-order chi connectivity index (χ1) is 28.8. The molecule has 352 valence electrons. The second kappa shape index (κ2) is 46.5. The topological polar surface area (TPSA) is 134 Å². The quantitative estimate of drug-likeness (QED) is 0.0348. The Bertz CT molecular complexity index is 938. The van der Waals surface area contributed by atoms with Crippen LogP contribution in [0.2, 0.25) is 0 Å². The van der Waals surface area contributed by atoms with E-state index >= 15 is 0 Å². The van der Waals surface area contributed by atoms with Crippen LogP contribution in [0.4, 0.5) is 0 Å². The minimum absolute atomic E-state index is 0.0584. The number of hydrogen-bond acceptors (Lipinski definition) is 8. The zero-order valence-corrected chi connectivity index (χ0v) is 39.9. The molecular weight excluding hydrogens is 762 g/mol. The van der Waals surface area contributed by atoms with Crippen molar-refractivity contribution >= 4 is 19.8 Å². The molecule has 59 heavy (non-hydrogen) atoms. The highest BCUT2D eigenvalue weighted by molar-refractivity contribution is 7.47. The summed E-state index contributed by atoms with van der Waals surface area (Å²) in [7, 11) is -4.37. The number of phosphoric acid groups is 1. The van der Waals surface area contributed by atoms with E-state index in [0.717, 1.165) is 32.1 Å². The zero-order chi connectivity index (χ0) is 43.2. The molecule has 9 nitrogen and oxygen atoms in total. The molecule has 0 fully saturated rings. The molecule has 0 aliphatic carbocycles. The van der Waals surface area contributed by atoms with Crippen molar-refractivity contribution in [3.8, 4) is 0 Å². The Kier molecular flexibility index (Phi) is 45.7. The van der Waals surface area contributed by atoms with Crippen LogP contribution in [0.25, 0.3) is 0 Å². The highest BCUT2D eigenvalue weighted by Gasteiger charge is 2.26. The highest BCUT2D eigenvalue weighted by atomic mass is 31.2. The number of phosphoric ester groups is 1. The maximum Gasteiger partial charge on any atom is 0.472 e. The van der Waals surface area contributed by atoms with Crippen LogP contribution in [0.15, 0.2) is 0 Å². The number of carbonyl (C=O) groups excluding carboxylic acids is 2. The number of hydrogen-bond donors (Lipinski definition) is 2. The Labute approximate surface area is 365 Å². The van der Waals surface area contributed by atoms with E-state index in [1.54, 1.807) is 0 Å². The minimum atomic E-state index is -4.37. The van der Waals surface area contributed by atoms with Gasteiger partial charge in [0.05, 0.1) is 13.2 Å². The van der Waals surface area contributed by atoms with Crippen molar-refractivity contribution in [3.05, 3.63) is 0 Å². The molecule has 0 aromatic carbocycles. The van der Waals surface area contributed by atoms with Crippen LogP contribution in [0, 0.1) is 0 Å². The fraction of sp³-hybridized carbons (Fsp3) is 0.959. The van der Waals surface area contributed by atoms with Gasteiger partial charge in [-0.1, -0.05) is 245 Å². The molecule has 2 unspecified atom stereocenters. The number of esters is 2. The highest BCUT2D eigenvalue weighted by Crippen LogP contribution is 2.43. The van der Waals surface area contributed by atoms with Gasteiger partial charge in [-0.3, -0.25) is 18.6 Å². The van der Waals surface area contributed by atoms with E-state index in [2.05, 4.69) is 13.8 Å². The molecule has 0 amide bonds. The molecule has 0 saturated carbocycles. The third kappa shape index (κ3) is 46.3. The van der Waals surface area contributed by atoms with Gasteiger partial charge in [0.15, 0.2) is 6.10 Å². The molecule has 3 N–H and O–H groups in total. The van der Waals surface area contributed by atoms with Crippen molar-refractivity contribution in [3.63, 3.8) is 0 Å². The zero-order valence-electron chi connectivity index (χ0n) is 39.0. The van der Waals surface area contributed by atoms with Gasteiger partial charge in [0, 0.05) is 19.4 Å². The van der Waals surface area contributed by atoms with Gasteiger partial charge in [0.25, 0.3) is 0 Å². The van der Waals surface area contributed by atoms with Gasteiger partial charge in [-0.05, 0) is 12.8 Å². The first-order valence-electron chi connectivity index (χ1n) is 25.5. The molecule has 0 radical (unpaired) electrons. The lowest BCUT2D eigenvalue weighted by atomic mass is 10.0. The Morgan fingerprint density at radius 2 is 0.729 bits per heavy atom. The van der Waals surface area contributed by atoms with Gasteiger partial charge < -0.3 is 20.1 Å². The number of carbonyl (C=O) groups is 2. The van der Waals surface area contributed by atoms with Crippen LogP contribution in [-0.2, 0) is 32.7 Å². The number of unbranched alkanes of at least 4 members (excludes halogenated alkanes) is 36. The Morgan fingerprint density at radius 1 is 0.441 bits per heavy atom. The third-order valence-electron chi connectivity index (χ3n) is 11.5. The lowest BCUT2D eigenvalue weighted by molar-refractivity contribution is -0.161. The van der Waals surface area contributed by atoms with E-state index in [9.17, 15) is 19.0 Å². The molecule has 0 heterocycles. The molecule has 10 heteroatoms. The summed E-state index contributed by atoms with van der Waals surface area (Å²) in [6.45, 7) is 3.81. The van der Waals surface area contributed by atoms with Gasteiger partial charge in [-0.25, -0.2) is 4.57 Å². The summed E-state index contributed by atoms with van der Waals surface area (Å²) in [6.07, 6.45) is 48.5. The van der Waals surface area contributed by atoms with E-state index in [-0.39, 0.29) is 38.6 Å². The molecular formula is C49H98NO8P. The van der Waals surface area contributed by atoms with Gasteiger partial charge in [0.2, 0.25) is 0 Å². The number of nitrogens with two attached hydrogens (primary N) is 1. The van der Waals surface area contributed by atoms with Gasteiger partial charge >= 0.3 is 19.8 Å². The van der Waals surface area contributed by atoms with Gasteiger partial charge in [-0.15, -0.1) is 0 Å². The molecule has 0 spiro atoms. The predicted molar refractivity (Wildman–Crippen MR) is 248 cm³/mol. The van der Waals surface area contributed by atoms with Crippen molar-refractivity contribution in [2.24, 2.45) is 5.73 Å². The number of rotatable bonds is 49. The first-order valence-corrected chi connectivity index (χ1v) is 27.0. The summed E-state index contributed by atoms with van der Waals surface area (Å²) < 4.78 is 32.9. The Balaban J connectivity index is 3.99. The second-order valence-corrected chi connectivity index (χ2v) is 18.9. The molecule has 0 aliphatic heterocycles. The smallest absolute Gasteiger partial charge is 0.462 e. The SMILES string of the molecule is CCCCCCCCCCCCCCCCCCCCCC(=O)OCC(COP(=O)(O)OCCN)OC(=O)CCCCCCCCCCCCCCCCCCCCC. The van der Waals surface area contributed by atoms with E-state index in [1.165, 1.54) is 205 Å². The van der Waals surface area contributed by atoms with Crippen LogP contribution < -0.4 is 5.73 Å². The lowest BCUT2D eigenvalue weighted by Gasteiger charge is -2.19. The average Bonchev–Trinajstić information content (AvgIpc) is 3.22. The fourth-order valence-corrected chi connectivity index (χ4v) is 8.46. The van der Waals surface area contributed by atoms with Crippen LogP contribution >= 0.6 is 7.82 Å². The summed E-state index contributed by atoms with van der Waals surface area (Å²) in [6, 6.07) is 0. The molecule has 0 saturated heterocycles. The van der Waals surface area contributed by atoms with Crippen molar-refractivity contribution in [2.45, 2.75) is 277 Å². The van der Waals surface area contributed by atoms with Crippen LogP contribution in [0.5, 0.6) is 0 Å². The van der Waals surface area contributed by atoms with E-state index < -0.39 is 26.5 Å². The van der Waals surface area contributed by atoms with Crippen molar-refractivity contribution in [2.75, 3.05) is 26.4 Å². The van der Waals surface area contributed by atoms with Gasteiger partial charge in [0.1, 0.15) is 6.61 Å². The molecule has 0 aromatic rings. The second-order valence-electron chi connectivity index (χ2n) is 17.4. The maximum absolute atomic E-state index is 12.6. The first kappa shape index (κ1) is 58.0. The lowest BCUT2D eigenvalue weighted by Crippen LogP contribution is -2.29. The fourth-order valence-electron chi connectivity index (χ4n) is 7.70. The normalized spacial score (nSPS) is 13.1. The standard InChI is InChI=1S/C49H98NO8P/c1-3-5-7-9-11-13-15-17-19-21-23-25-27-29-31-33-35-37-39-41-48(51)55-45-47(46-57-59(53,54)56-44-43-50)58-49(52)42-40-38-36-34-32-30-28-26-24-22-20-18-16-14-12-10-8-6-4-2/h47H,3-46,50H2,1-2H3,(H,53,54). The van der Waals surface area contributed by atoms with Gasteiger partial charge in [-0.2, -0.15) is 0 Å². The summed E-state index contributed by atoms with van der Waals surface area (Å²) in [5.74, 6) is -0.806. The molecule has 0 bridgehead atoms. The Hall–Kier alpha value is -0.990. The van der Waals surface area contributed by atoms with E-state index in [1.807, 2.05) is 0 Å². The largest absolute Gasteiger partial charge is 0.472 e. The third-order valence-corrected chi connectivity index (χ3v) is 12.5. The maximum atomic E-state index is 12.6.